The fraction of sp³-hybridized carbons (Fsp3) is 0.818. The lowest BCUT2D eigenvalue weighted by Crippen LogP contribution is -2.44. The zero-order valence-electron chi connectivity index (χ0n) is 9.22. The van der Waals surface area contributed by atoms with Crippen LogP contribution in [0.5, 0.6) is 0 Å². The largest absolute Gasteiger partial charge is 0.296 e. The lowest BCUT2D eigenvalue weighted by Gasteiger charge is -2.40. The van der Waals surface area contributed by atoms with E-state index in [0.717, 1.165) is 31.0 Å². The molecule has 1 saturated carbocycles. The molecule has 1 aliphatic heterocycles. The Bertz CT molecular complexity index is 350. The molecule has 1 saturated heterocycles. The van der Waals surface area contributed by atoms with Gasteiger partial charge in [0.05, 0.1) is 11.3 Å². The standard InChI is InChI=1S/C11H14Br3NO2/c12-3-1-2-11-5-8(14)7(13)4-6(11)9(16)15-10(11)17/h6-8H,1-5H2,(H,15,16,17). The highest BCUT2D eigenvalue weighted by Crippen LogP contribution is 2.51. The van der Waals surface area contributed by atoms with Crippen LogP contribution in [0.2, 0.25) is 0 Å². The van der Waals surface area contributed by atoms with Crippen molar-refractivity contribution < 1.29 is 9.59 Å². The Hall–Kier alpha value is 0.580. The van der Waals surface area contributed by atoms with E-state index in [0.29, 0.717) is 0 Å². The molecular weight excluding hydrogens is 418 g/mol. The molecule has 0 aromatic rings. The number of carbonyl (C=O) groups excluding carboxylic acids is 2. The number of hydrogen-bond acceptors (Lipinski definition) is 2. The molecule has 96 valence electrons. The van der Waals surface area contributed by atoms with Gasteiger partial charge >= 0.3 is 0 Å². The highest BCUT2D eigenvalue weighted by molar-refractivity contribution is 9.12. The van der Waals surface area contributed by atoms with E-state index < -0.39 is 5.41 Å². The van der Waals surface area contributed by atoms with E-state index in [4.69, 9.17) is 0 Å². The van der Waals surface area contributed by atoms with E-state index in [9.17, 15) is 9.59 Å². The monoisotopic (exact) mass is 429 g/mol. The van der Waals surface area contributed by atoms with Crippen molar-refractivity contribution in [1.82, 2.24) is 5.32 Å². The van der Waals surface area contributed by atoms with Gasteiger partial charge in [-0.1, -0.05) is 47.8 Å². The summed E-state index contributed by atoms with van der Waals surface area (Å²) >= 11 is 10.6. The number of imide groups is 1. The zero-order valence-corrected chi connectivity index (χ0v) is 14.0. The van der Waals surface area contributed by atoms with Gasteiger partial charge in [-0.3, -0.25) is 14.9 Å². The molecule has 17 heavy (non-hydrogen) atoms. The van der Waals surface area contributed by atoms with Gasteiger partial charge in [0.2, 0.25) is 11.8 Å². The predicted octanol–water partition coefficient (Wildman–Crippen LogP) is 2.74. The molecule has 2 amide bonds. The van der Waals surface area contributed by atoms with Crippen molar-refractivity contribution in [2.75, 3.05) is 5.33 Å². The van der Waals surface area contributed by atoms with Crippen molar-refractivity contribution in [2.45, 2.75) is 35.3 Å². The molecule has 4 atom stereocenters. The number of nitrogens with one attached hydrogen (secondary N) is 1. The fourth-order valence-electron chi connectivity index (χ4n) is 2.92. The minimum atomic E-state index is -0.483. The summed E-state index contributed by atoms with van der Waals surface area (Å²) in [6.45, 7) is 0. The van der Waals surface area contributed by atoms with Gasteiger partial charge in [-0.15, -0.1) is 0 Å². The van der Waals surface area contributed by atoms with Crippen LogP contribution in [0.15, 0.2) is 0 Å². The Labute approximate surface area is 126 Å². The van der Waals surface area contributed by atoms with Crippen molar-refractivity contribution >= 4 is 59.6 Å². The van der Waals surface area contributed by atoms with Crippen LogP contribution >= 0.6 is 47.8 Å². The Balaban J connectivity index is 2.27. The molecule has 2 fully saturated rings. The molecule has 3 nitrogen and oxygen atoms in total. The average molecular weight is 432 g/mol. The molecule has 0 aromatic heterocycles. The summed E-state index contributed by atoms with van der Waals surface area (Å²) in [6.07, 6.45) is 3.17. The van der Waals surface area contributed by atoms with Gasteiger partial charge in [0.25, 0.3) is 0 Å². The van der Waals surface area contributed by atoms with Crippen LogP contribution in [-0.2, 0) is 9.59 Å². The molecule has 2 rings (SSSR count). The van der Waals surface area contributed by atoms with E-state index in [-0.39, 0.29) is 27.4 Å². The van der Waals surface area contributed by atoms with Gasteiger partial charge < -0.3 is 0 Å². The minimum absolute atomic E-state index is 0.0719. The first kappa shape index (κ1) is 14.0. The second kappa shape index (κ2) is 5.29. The molecule has 1 heterocycles. The van der Waals surface area contributed by atoms with Gasteiger partial charge in [0.15, 0.2) is 0 Å². The van der Waals surface area contributed by atoms with Crippen molar-refractivity contribution in [3.05, 3.63) is 0 Å². The number of hydrogen-bond donors (Lipinski definition) is 1. The molecule has 1 N–H and O–H groups in total. The quantitative estimate of drug-likeness (QED) is 0.551. The summed E-state index contributed by atoms with van der Waals surface area (Å²) in [5, 5.41) is 3.38. The summed E-state index contributed by atoms with van der Waals surface area (Å²) in [5.74, 6) is -0.321. The van der Waals surface area contributed by atoms with Crippen LogP contribution in [0.1, 0.15) is 25.7 Å². The van der Waals surface area contributed by atoms with Crippen molar-refractivity contribution in [3.63, 3.8) is 0 Å². The van der Waals surface area contributed by atoms with Crippen LogP contribution in [-0.4, -0.2) is 26.8 Å². The Morgan fingerprint density at radius 1 is 1.29 bits per heavy atom. The molecular formula is C11H14Br3NO2. The van der Waals surface area contributed by atoms with Gasteiger partial charge in [0.1, 0.15) is 0 Å². The number of rotatable bonds is 3. The second-order valence-corrected chi connectivity index (χ2v) is 7.94. The first-order valence-electron chi connectivity index (χ1n) is 5.70. The Morgan fingerprint density at radius 2 is 2.00 bits per heavy atom. The molecule has 0 radical (unpaired) electrons. The van der Waals surface area contributed by atoms with Gasteiger partial charge in [-0.05, 0) is 25.7 Å². The third kappa shape index (κ3) is 2.37. The smallest absolute Gasteiger partial charge is 0.233 e. The first-order chi connectivity index (χ1) is 8.01. The number of halogens is 3. The molecule has 0 aromatic carbocycles. The topological polar surface area (TPSA) is 46.2 Å². The lowest BCUT2D eigenvalue weighted by atomic mass is 9.65. The maximum atomic E-state index is 12.1. The van der Waals surface area contributed by atoms with Crippen LogP contribution in [0.25, 0.3) is 0 Å². The summed E-state index contributed by atoms with van der Waals surface area (Å²) in [6, 6.07) is 0. The molecule has 0 spiro atoms. The third-order valence-electron chi connectivity index (χ3n) is 3.84. The molecule has 6 heteroatoms. The van der Waals surface area contributed by atoms with E-state index in [2.05, 4.69) is 53.1 Å². The molecule has 1 aliphatic carbocycles. The Morgan fingerprint density at radius 3 is 2.65 bits per heavy atom. The van der Waals surface area contributed by atoms with E-state index in [1.54, 1.807) is 0 Å². The van der Waals surface area contributed by atoms with E-state index >= 15 is 0 Å². The maximum Gasteiger partial charge on any atom is 0.233 e. The van der Waals surface area contributed by atoms with Crippen molar-refractivity contribution in [2.24, 2.45) is 11.3 Å². The SMILES string of the molecule is O=C1NC(=O)C2(CCCBr)CC(Br)C(Br)CC12. The predicted molar refractivity (Wildman–Crippen MR) is 76.8 cm³/mol. The minimum Gasteiger partial charge on any atom is -0.296 e. The van der Waals surface area contributed by atoms with Crippen molar-refractivity contribution in [1.29, 1.82) is 0 Å². The van der Waals surface area contributed by atoms with Gasteiger partial charge in [-0.25, -0.2) is 0 Å². The molecule has 2 aliphatic rings. The summed E-state index contributed by atoms with van der Waals surface area (Å²) in [7, 11) is 0. The first-order valence-corrected chi connectivity index (χ1v) is 8.66. The fourth-order valence-corrected chi connectivity index (χ4v) is 4.56. The molecule has 0 bridgehead atoms. The maximum absolute atomic E-state index is 12.1. The van der Waals surface area contributed by atoms with Crippen molar-refractivity contribution in [3.8, 4) is 0 Å². The van der Waals surface area contributed by atoms with Gasteiger partial charge in [-0.2, -0.15) is 0 Å². The van der Waals surface area contributed by atoms with Crippen LogP contribution in [0.4, 0.5) is 0 Å². The highest BCUT2D eigenvalue weighted by Gasteiger charge is 2.58. The molecule has 4 unspecified atom stereocenters. The summed E-state index contributed by atoms with van der Waals surface area (Å²) in [4.78, 5) is 24.5. The normalized spacial score (nSPS) is 41.2. The van der Waals surface area contributed by atoms with Crippen LogP contribution in [0, 0.1) is 11.3 Å². The van der Waals surface area contributed by atoms with Crippen LogP contribution < -0.4 is 5.32 Å². The number of carbonyl (C=O) groups is 2. The second-order valence-electron chi connectivity index (χ2n) is 4.79. The van der Waals surface area contributed by atoms with Crippen LogP contribution in [0.3, 0.4) is 0 Å². The number of alkyl halides is 3. The highest BCUT2D eigenvalue weighted by atomic mass is 79.9. The van der Waals surface area contributed by atoms with Gasteiger partial charge in [0, 0.05) is 15.0 Å². The summed E-state index contributed by atoms with van der Waals surface area (Å²) in [5.41, 5.74) is -0.483. The summed E-state index contributed by atoms with van der Waals surface area (Å²) < 4.78 is 0. The van der Waals surface area contributed by atoms with E-state index in [1.165, 1.54) is 0 Å². The average Bonchev–Trinajstić information content (AvgIpc) is 2.51. The zero-order chi connectivity index (χ0) is 12.6. The third-order valence-corrected chi connectivity index (χ3v) is 7.09. The Kier molecular flexibility index (Phi) is 4.36. The number of amides is 2. The van der Waals surface area contributed by atoms with E-state index in [1.807, 2.05) is 0 Å². The lowest BCUT2D eigenvalue weighted by molar-refractivity contribution is -0.130. The number of fused-ring (bicyclic) bond motifs is 1.